The van der Waals surface area contributed by atoms with Crippen LogP contribution in [0.2, 0.25) is 0 Å². The number of hydrogen-bond acceptors (Lipinski definition) is 10. The van der Waals surface area contributed by atoms with Crippen molar-refractivity contribution in [2.75, 3.05) is 30.7 Å². The van der Waals surface area contributed by atoms with Crippen molar-refractivity contribution >= 4 is 45.9 Å². The molecule has 9 nitrogen and oxygen atoms in total. The molecule has 2 bridgehead atoms. The number of piperidine rings is 1. The molecule has 0 radical (unpaired) electrons. The number of thiazole rings is 1. The number of aromatic nitrogens is 1. The minimum atomic E-state index is -0.686. The molecule has 2 heterocycles. The van der Waals surface area contributed by atoms with E-state index in [1.807, 2.05) is 23.3 Å². The van der Waals surface area contributed by atoms with Crippen molar-refractivity contribution in [3.8, 4) is 0 Å². The summed E-state index contributed by atoms with van der Waals surface area (Å²) >= 11 is 2.77. The lowest BCUT2D eigenvalue weighted by molar-refractivity contribution is -0.205. The van der Waals surface area contributed by atoms with Gasteiger partial charge in [-0.2, -0.15) is 0 Å². The van der Waals surface area contributed by atoms with Crippen LogP contribution in [-0.4, -0.2) is 81.5 Å². The van der Waals surface area contributed by atoms with Crippen molar-refractivity contribution in [3.63, 3.8) is 0 Å². The number of thioether (sulfide) groups is 1. The Kier molecular flexibility index (Phi) is 10.0. The number of likely N-dealkylation sites (tertiary alicyclic amines) is 1. The summed E-state index contributed by atoms with van der Waals surface area (Å²) in [5.74, 6) is 0.301. The highest BCUT2D eigenvalue weighted by Gasteiger charge is 2.68. The van der Waals surface area contributed by atoms with Gasteiger partial charge in [0.15, 0.2) is 5.13 Å². The average Bonchev–Trinajstić information content (AvgIpc) is 3.59. The van der Waals surface area contributed by atoms with E-state index in [9.17, 15) is 24.6 Å². The number of esters is 1. The Balaban J connectivity index is 1.21. The zero-order valence-corrected chi connectivity index (χ0v) is 28.2. The van der Waals surface area contributed by atoms with Crippen molar-refractivity contribution < 1.29 is 29.3 Å². The highest BCUT2D eigenvalue weighted by atomic mass is 32.2. The molecule has 8 atom stereocenters. The summed E-state index contributed by atoms with van der Waals surface area (Å²) in [7, 11) is 0. The number of aliphatic hydroxyl groups is 2. The van der Waals surface area contributed by atoms with Crippen LogP contribution in [0.5, 0.6) is 0 Å². The molecule has 5 rings (SSSR count). The molecule has 244 valence electrons. The van der Waals surface area contributed by atoms with E-state index < -0.39 is 23.0 Å². The Bertz CT molecular complexity index is 1250. The summed E-state index contributed by atoms with van der Waals surface area (Å²) in [5.41, 5.74) is -0.701. The molecular weight excluding hydrogens is 599 g/mol. The monoisotopic (exact) mass is 647 g/mol. The van der Waals surface area contributed by atoms with Crippen LogP contribution in [-0.2, 0) is 24.9 Å². The summed E-state index contributed by atoms with van der Waals surface area (Å²) < 4.78 is 6.33. The molecule has 3 aliphatic carbocycles. The molecule has 4 fully saturated rings. The molecule has 3 unspecified atom stereocenters. The number of aliphatic hydroxyl groups excluding tert-OH is 2. The van der Waals surface area contributed by atoms with Gasteiger partial charge < -0.3 is 20.3 Å². The first-order chi connectivity index (χ1) is 20.8. The van der Waals surface area contributed by atoms with Gasteiger partial charge in [-0.25, -0.2) is 4.98 Å². The summed E-state index contributed by atoms with van der Waals surface area (Å²) in [4.78, 5) is 46.0. The van der Waals surface area contributed by atoms with E-state index in [1.165, 1.54) is 23.1 Å². The molecule has 3 saturated carbocycles. The van der Waals surface area contributed by atoms with Gasteiger partial charge in [0.05, 0.1) is 30.2 Å². The van der Waals surface area contributed by atoms with Gasteiger partial charge in [-0.1, -0.05) is 33.8 Å². The third kappa shape index (κ3) is 6.28. The third-order valence-electron chi connectivity index (χ3n) is 11.8. The molecule has 1 amide bonds. The van der Waals surface area contributed by atoms with E-state index in [2.05, 4.69) is 37.7 Å². The van der Waals surface area contributed by atoms with Gasteiger partial charge in [0, 0.05) is 47.4 Å². The predicted molar refractivity (Wildman–Crippen MR) is 173 cm³/mol. The summed E-state index contributed by atoms with van der Waals surface area (Å²) in [6.45, 7) is 14.2. The SMILES string of the molecule is C=C[C@]1(C)C[C@@H](OC(=O)CSCc2csc(NC(=O)CN3CCC(O)CC3)n2)[C@]2(C)C(C)CCC3(CCC(=O)C32)[C@@H](C)[C@@H]1O. The van der Waals surface area contributed by atoms with Crippen LogP contribution in [0.25, 0.3) is 0 Å². The number of nitrogens with zero attached hydrogens (tertiary/aromatic N) is 2. The van der Waals surface area contributed by atoms with Gasteiger partial charge in [0.1, 0.15) is 11.9 Å². The number of hydrogen-bond donors (Lipinski definition) is 3. The van der Waals surface area contributed by atoms with E-state index in [0.29, 0.717) is 49.7 Å². The molecule has 1 aliphatic heterocycles. The lowest BCUT2D eigenvalue weighted by Crippen LogP contribution is -2.63. The molecule has 3 N–H and O–H groups in total. The maximum absolute atomic E-state index is 13.6. The van der Waals surface area contributed by atoms with E-state index in [4.69, 9.17) is 4.74 Å². The van der Waals surface area contributed by atoms with E-state index in [-0.39, 0.29) is 59.2 Å². The minimum absolute atomic E-state index is 0.0624. The first-order valence-corrected chi connectivity index (χ1v) is 18.1. The van der Waals surface area contributed by atoms with Crippen molar-refractivity contribution in [1.82, 2.24) is 9.88 Å². The maximum Gasteiger partial charge on any atom is 0.316 e. The van der Waals surface area contributed by atoms with Gasteiger partial charge in [0.25, 0.3) is 0 Å². The third-order valence-corrected chi connectivity index (χ3v) is 13.5. The Morgan fingerprint density at radius 2 is 1.95 bits per heavy atom. The smallest absolute Gasteiger partial charge is 0.316 e. The molecule has 0 spiro atoms. The Morgan fingerprint density at radius 3 is 2.66 bits per heavy atom. The van der Waals surface area contributed by atoms with E-state index in [1.54, 1.807) is 0 Å². The second kappa shape index (κ2) is 13.1. The molecule has 1 aromatic rings. The molecule has 1 saturated heterocycles. The number of ketones is 1. The van der Waals surface area contributed by atoms with Gasteiger partial charge in [-0.3, -0.25) is 19.3 Å². The number of nitrogens with one attached hydrogen (secondary N) is 1. The van der Waals surface area contributed by atoms with Crippen LogP contribution < -0.4 is 5.32 Å². The first-order valence-electron chi connectivity index (χ1n) is 16.1. The number of Topliss-reactive ketones (excluding diaryl/α,β-unsaturated/α-hetero) is 1. The Hall–Kier alpha value is -1.79. The number of carbonyl (C=O) groups is 3. The minimum Gasteiger partial charge on any atom is -0.461 e. The Morgan fingerprint density at radius 1 is 1.23 bits per heavy atom. The largest absolute Gasteiger partial charge is 0.461 e. The van der Waals surface area contributed by atoms with Crippen LogP contribution >= 0.6 is 23.1 Å². The normalized spacial score (nSPS) is 38.0. The molecule has 1 aromatic heterocycles. The second-order valence-corrected chi connectivity index (χ2v) is 16.1. The van der Waals surface area contributed by atoms with Crippen molar-refractivity contribution in [2.24, 2.45) is 34.0 Å². The maximum atomic E-state index is 13.6. The summed E-state index contributed by atoms with van der Waals surface area (Å²) in [6.07, 6.45) is 5.26. The fraction of sp³-hybridized carbons (Fsp3) is 0.758. The molecule has 0 aromatic carbocycles. The number of amides is 1. The zero-order chi connectivity index (χ0) is 31.9. The number of anilines is 1. The fourth-order valence-corrected chi connectivity index (χ4v) is 10.3. The summed E-state index contributed by atoms with van der Waals surface area (Å²) in [6, 6.07) is 0. The number of ether oxygens (including phenoxy) is 1. The van der Waals surface area contributed by atoms with Gasteiger partial charge in [0.2, 0.25) is 5.91 Å². The van der Waals surface area contributed by atoms with Gasteiger partial charge in [-0.05, 0) is 55.8 Å². The number of carbonyl (C=O) groups excluding carboxylic acids is 3. The van der Waals surface area contributed by atoms with Gasteiger partial charge >= 0.3 is 5.97 Å². The van der Waals surface area contributed by atoms with E-state index in [0.717, 1.165) is 25.0 Å². The van der Waals surface area contributed by atoms with Crippen molar-refractivity contribution in [1.29, 1.82) is 0 Å². The van der Waals surface area contributed by atoms with Gasteiger partial charge in [-0.15, -0.1) is 29.7 Å². The number of rotatable bonds is 9. The lowest BCUT2D eigenvalue weighted by Gasteiger charge is -2.61. The lowest BCUT2D eigenvalue weighted by atomic mass is 9.44. The first kappa shape index (κ1) is 33.6. The fourth-order valence-electron chi connectivity index (χ4n) is 8.80. The molecule has 44 heavy (non-hydrogen) atoms. The molecular formula is C33H49N3O6S2. The van der Waals surface area contributed by atoms with E-state index >= 15 is 0 Å². The van der Waals surface area contributed by atoms with Crippen LogP contribution in [0.3, 0.4) is 0 Å². The van der Waals surface area contributed by atoms with Crippen molar-refractivity contribution in [3.05, 3.63) is 23.7 Å². The second-order valence-electron chi connectivity index (χ2n) is 14.3. The van der Waals surface area contributed by atoms with Crippen LogP contribution in [0.15, 0.2) is 18.0 Å². The summed E-state index contributed by atoms with van der Waals surface area (Å²) in [5, 5.41) is 26.6. The predicted octanol–water partition coefficient (Wildman–Crippen LogP) is 4.68. The zero-order valence-electron chi connectivity index (χ0n) is 26.5. The quantitative estimate of drug-likeness (QED) is 0.259. The highest BCUT2D eigenvalue weighted by molar-refractivity contribution is 7.99. The standard InChI is InChI=1S/C33H49N3O6S2/c1-6-31(4)15-25(32(5)20(2)7-11-33(21(3)29(31)41)12-8-24(38)28(32)33)42-27(40)19-43-17-22-18-44-30(34-22)35-26(39)16-36-13-9-23(37)10-14-36/h6,18,20-21,23,25,28-29,37,41H,1,7-17,19H2,2-5H3,(H,34,35,39)/t20?,21-,25+,28?,29-,31+,32-,33?/m0/s1. The average molecular weight is 648 g/mol. The Labute approximate surface area is 269 Å². The molecule has 4 aliphatic rings. The van der Waals surface area contributed by atoms with Crippen molar-refractivity contribution in [2.45, 2.75) is 96.7 Å². The van der Waals surface area contributed by atoms with Crippen LogP contribution in [0.4, 0.5) is 5.13 Å². The highest BCUT2D eigenvalue weighted by Crippen LogP contribution is 2.68. The molecule has 11 heteroatoms. The van der Waals surface area contributed by atoms with Crippen LogP contribution in [0, 0.1) is 34.0 Å². The van der Waals surface area contributed by atoms with Crippen LogP contribution in [0.1, 0.15) is 78.3 Å². The topological polar surface area (TPSA) is 129 Å².